The number of quaternary nitrogens is 2. The average molecular weight is 278 g/mol. The van der Waals surface area contributed by atoms with E-state index in [4.69, 9.17) is 0 Å². The fraction of sp³-hybridized carbons (Fsp3) is 1.00. The summed E-state index contributed by atoms with van der Waals surface area (Å²) in [4.78, 5) is 3.41. The lowest BCUT2D eigenvalue weighted by molar-refractivity contribution is -0.866. The molecule has 0 unspecified atom stereocenters. The van der Waals surface area contributed by atoms with Gasteiger partial charge in [0, 0.05) is 25.7 Å². The normalized spacial score (nSPS) is 18.3. The molecule has 0 aromatic carbocycles. The van der Waals surface area contributed by atoms with Crippen LogP contribution in [0.2, 0.25) is 0 Å². The smallest absolute Gasteiger partial charge is 0.0771 e. The van der Waals surface area contributed by atoms with Gasteiger partial charge in [-0.05, 0) is 0 Å². The largest absolute Gasteiger partial charge is 0.870 e. The second-order valence-electron chi connectivity index (χ2n) is 5.68. The minimum atomic E-state index is 0. The highest BCUT2D eigenvalue weighted by Gasteiger charge is 2.08. The van der Waals surface area contributed by atoms with E-state index in [1.54, 1.807) is 9.80 Å². The Labute approximate surface area is 120 Å². The second kappa shape index (κ2) is 17.8. The van der Waals surface area contributed by atoms with Gasteiger partial charge in [-0.1, -0.05) is 33.1 Å². The first-order chi connectivity index (χ1) is 8.20. The first-order valence-electron chi connectivity index (χ1n) is 7.83. The van der Waals surface area contributed by atoms with E-state index in [0.29, 0.717) is 0 Å². The number of likely N-dealkylation sites (tertiary alicyclic amines) is 2. The molecule has 4 N–H and O–H groups in total. The predicted molar refractivity (Wildman–Crippen MR) is 80.8 cm³/mol. The molecule has 0 aromatic heterocycles. The van der Waals surface area contributed by atoms with Crippen LogP contribution in [0, 0.1) is 0 Å². The molecule has 2 heterocycles. The Hall–Kier alpha value is -0.160. The third-order valence-corrected chi connectivity index (χ3v) is 3.62. The lowest BCUT2D eigenvalue weighted by atomic mass is 10.3. The summed E-state index contributed by atoms with van der Waals surface area (Å²) in [5, 5.41) is 0. The van der Waals surface area contributed by atoms with Gasteiger partial charge < -0.3 is 20.8 Å². The second-order valence-corrected chi connectivity index (χ2v) is 5.68. The zero-order chi connectivity index (χ0) is 12.9. The summed E-state index contributed by atoms with van der Waals surface area (Å²) >= 11 is 0. The first-order valence-corrected chi connectivity index (χ1v) is 7.83. The van der Waals surface area contributed by atoms with E-state index >= 15 is 0 Å². The maximum atomic E-state index is 2.26. The highest BCUT2D eigenvalue weighted by Crippen LogP contribution is 1.88. The molecule has 2 fully saturated rings. The molecule has 0 radical (unpaired) electrons. The fourth-order valence-electron chi connectivity index (χ4n) is 2.31. The summed E-state index contributed by atoms with van der Waals surface area (Å²) in [5.74, 6) is 0. The molecule has 120 valence electrons. The Bertz CT molecular complexity index is 129. The van der Waals surface area contributed by atoms with Gasteiger partial charge in [0.25, 0.3) is 0 Å². The van der Waals surface area contributed by atoms with Crippen LogP contribution < -0.4 is 9.80 Å². The van der Waals surface area contributed by atoms with Crippen molar-refractivity contribution in [1.82, 2.24) is 0 Å². The fourth-order valence-corrected chi connectivity index (χ4v) is 2.31. The van der Waals surface area contributed by atoms with Crippen molar-refractivity contribution >= 4 is 0 Å². The molecule has 2 aliphatic heterocycles. The number of hydrogen-bond acceptors (Lipinski definition) is 2. The minimum Gasteiger partial charge on any atom is -0.870 e. The predicted octanol–water partition coefficient (Wildman–Crippen LogP) is 0.433. The third kappa shape index (κ3) is 17.8. The minimum absolute atomic E-state index is 0. The Balaban J connectivity index is -0.000000193. The van der Waals surface area contributed by atoms with Crippen LogP contribution >= 0.6 is 0 Å². The van der Waals surface area contributed by atoms with Crippen molar-refractivity contribution in [2.75, 3.05) is 40.3 Å². The van der Waals surface area contributed by atoms with Crippen LogP contribution in [0.5, 0.6) is 0 Å². The standard InChI is InChI=1S/2C5H11N.C5H12.2H2O/c2*1-6-4-2-3-5-6;1-3-5-4-2;;/h2*2-5H2,1H3;3-5H2,1-2H3;2*1H2. The molecule has 0 amide bonds. The van der Waals surface area contributed by atoms with Crippen LogP contribution in [0.25, 0.3) is 0 Å². The maximum absolute atomic E-state index is 2.26. The van der Waals surface area contributed by atoms with E-state index in [9.17, 15) is 0 Å². The molecule has 19 heavy (non-hydrogen) atoms. The molecule has 0 bridgehead atoms. The zero-order valence-corrected chi connectivity index (χ0v) is 13.7. The monoisotopic (exact) mass is 278 g/mol. The van der Waals surface area contributed by atoms with Crippen molar-refractivity contribution in [3.8, 4) is 0 Å². The van der Waals surface area contributed by atoms with E-state index in [1.165, 1.54) is 71.1 Å². The Morgan fingerprint density at radius 3 is 0.947 bits per heavy atom. The molecular formula is C15H38N2O2. The average Bonchev–Trinajstić information content (AvgIpc) is 2.95. The van der Waals surface area contributed by atoms with E-state index < -0.39 is 0 Å². The van der Waals surface area contributed by atoms with Crippen LogP contribution in [0.4, 0.5) is 0 Å². The molecule has 2 aliphatic rings. The van der Waals surface area contributed by atoms with Crippen LogP contribution in [-0.4, -0.2) is 51.2 Å². The number of unbranched alkanes of at least 4 members (excludes halogenated alkanes) is 2. The molecule has 0 saturated carbocycles. The summed E-state index contributed by atoms with van der Waals surface area (Å²) in [6, 6.07) is 0. The van der Waals surface area contributed by atoms with Gasteiger partial charge in [0.15, 0.2) is 0 Å². The van der Waals surface area contributed by atoms with Gasteiger partial charge in [0.2, 0.25) is 0 Å². The van der Waals surface area contributed by atoms with Crippen molar-refractivity contribution in [3.63, 3.8) is 0 Å². The summed E-state index contributed by atoms with van der Waals surface area (Å²) in [5.41, 5.74) is 0. The van der Waals surface area contributed by atoms with Crippen molar-refractivity contribution < 1.29 is 20.8 Å². The number of rotatable bonds is 2. The molecular weight excluding hydrogens is 240 g/mol. The summed E-state index contributed by atoms with van der Waals surface area (Å²) < 4.78 is 0. The lowest BCUT2D eigenvalue weighted by Gasteiger charge is -1.98. The Morgan fingerprint density at radius 2 is 0.895 bits per heavy atom. The van der Waals surface area contributed by atoms with Gasteiger partial charge in [-0.3, -0.25) is 0 Å². The van der Waals surface area contributed by atoms with E-state index in [2.05, 4.69) is 27.9 Å². The molecule has 0 aliphatic carbocycles. The van der Waals surface area contributed by atoms with E-state index in [-0.39, 0.29) is 11.0 Å². The molecule has 2 rings (SSSR count). The first kappa shape index (κ1) is 23.9. The Kier molecular flexibility index (Phi) is 22.4. The van der Waals surface area contributed by atoms with Crippen molar-refractivity contribution in [2.24, 2.45) is 0 Å². The maximum Gasteiger partial charge on any atom is 0.0771 e. The third-order valence-electron chi connectivity index (χ3n) is 3.62. The van der Waals surface area contributed by atoms with Crippen LogP contribution in [0.3, 0.4) is 0 Å². The van der Waals surface area contributed by atoms with Gasteiger partial charge in [-0.15, -0.1) is 0 Å². The number of hydrogen-bond donors (Lipinski definition) is 2. The molecule has 0 aromatic rings. The van der Waals surface area contributed by atoms with Gasteiger partial charge in [0.1, 0.15) is 0 Å². The van der Waals surface area contributed by atoms with Gasteiger partial charge in [-0.2, -0.15) is 0 Å². The topological polar surface area (TPSA) is 68.9 Å². The van der Waals surface area contributed by atoms with Crippen LogP contribution in [0.15, 0.2) is 0 Å². The lowest BCUT2D eigenvalue weighted by Crippen LogP contribution is -3.06. The molecule has 0 spiro atoms. The molecule has 0 atom stereocenters. The van der Waals surface area contributed by atoms with Crippen molar-refractivity contribution in [3.05, 3.63) is 0 Å². The SMILES string of the molecule is CCCCC.C[NH+]1CCCC1.C[NH+]1CCCC1.[OH-].[OH-]. The Morgan fingerprint density at radius 1 is 0.632 bits per heavy atom. The summed E-state index contributed by atoms with van der Waals surface area (Å²) in [7, 11) is 4.51. The van der Waals surface area contributed by atoms with Crippen molar-refractivity contribution in [2.45, 2.75) is 58.8 Å². The zero-order valence-electron chi connectivity index (χ0n) is 13.7. The van der Waals surface area contributed by atoms with E-state index in [0.717, 1.165) is 0 Å². The van der Waals surface area contributed by atoms with Crippen LogP contribution in [0.1, 0.15) is 58.8 Å². The van der Waals surface area contributed by atoms with Crippen LogP contribution in [-0.2, 0) is 0 Å². The van der Waals surface area contributed by atoms with E-state index in [1.807, 2.05) is 0 Å². The highest BCUT2D eigenvalue weighted by atomic mass is 16.0. The van der Waals surface area contributed by atoms with Gasteiger partial charge >= 0.3 is 0 Å². The molecule has 4 nitrogen and oxygen atoms in total. The highest BCUT2D eigenvalue weighted by molar-refractivity contribution is 4.41. The number of nitrogens with one attached hydrogen (secondary N) is 2. The molecule has 2 saturated heterocycles. The molecule has 4 heteroatoms. The van der Waals surface area contributed by atoms with Gasteiger partial charge in [0.05, 0.1) is 40.3 Å². The van der Waals surface area contributed by atoms with Crippen molar-refractivity contribution in [1.29, 1.82) is 0 Å². The van der Waals surface area contributed by atoms with Gasteiger partial charge in [-0.25, -0.2) is 0 Å². The quantitative estimate of drug-likeness (QED) is 0.769. The summed E-state index contributed by atoms with van der Waals surface area (Å²) in [6.45, 7) is 10.0. The summed E-state index contributed by atoms with van der Waals surface area (Å²) in [6.07, 6.45) is 9.88.